The van der Waals surface area contributed by atoms with Gasteiger partial charge in [0.1, 0.15) is 17.3 Å². The lowest BCUT2D eigenvalue weighted by atomic mass is 10.0. The quantitative estimate of drug-likeness (QED) is 0.864. The zero-order valence-electron chi connectivity index (χ0n) is 8.79. The predicted octanol–water partition coefficient (Wildman–Crippen LogP) is 3.24. The van der Waals surface area contributed by atoms with Gasteiger partial charge >= 0.3 is 0 Å². The third-order valence-electron chi connectivity index (χ3n) is 1.96. The van der Waals surface area contributed by atoms with Crippen LogP contribution in [0, 0.1) is 0 Å². The number of halogens is 1. The molecule has 0 aromatic heterocycles. The predicted molar refractivity (Wildman–Crippen MR) is 70.5 cm³/mol. The molecule has 0 radical (unpaired) electrons. The molecule has 0 atom stereocenters. The van der Waals surface area contributed by atoms with Crippen LogP contribution in [-0.4, -0.2) is 11.6 Å². The van der Waals surface area contributed by atoms with Crippen LogP contribution in [0.2, 0.25) is 0 Å². The van der Waals surface area contributed by atoms with Crippen molar-refractivity contribution < 1.29 is 4.74 Å². The van der Waals surface area contributed by atoms with Gasteiger partial charge in [-0.15, -0.1) is 0 Å². The van der Waals surface area contributed by atoms with Crippen molar-refractivity contribution in [3.63, 3.8) is 0 Å². The minimum atomic E-state index is 0.288. The van der Waals surface area contributed by atoms with Gasteiger partial charge in [-0.2, -0.15) is 0 Å². The van der Waals surface area contributed by atoms with Gasteiger partial charge in [-0.05, 0) is 29.7 Å². The highest BCUT2D eigenvalue weighted by Crippen LogP contribution is 2.29. The van der Waals surface area contributed by atoms with E-state index in [9.17, 15) is 0 Å². The number of ether oxygens (including phenoxy) is 1. The molecule has 1 aromatic carbocycles. The summed E-state index contributed by atoms with van der Waals surface area (Å²) in [4.78, 5) is 0.368. The third kappa shape index (κ3) is 3.80. The van der Waals surface area contributed by atoms with E-state index in [1.807, 2.05) is 12.1 Å². The van der Waals surface area contributed by atoms with Crippen molar-refractivity contribution in [2.75, 3.05) is 6.61 Å². The Morgan fingerprint density at radius 3 is 2.73 bits per heavy atom. The lowest BCUT2D eigenvalue weighted by Crippen LogP contribution is -2.18. The molecule has 0 bridgehead atoms. The summed E-state index contributed by atoms with van der Waals surface area (Å²) < 4.78 is 6.58. The van der Waals surface area contributed by atoms with E-state index in [4.69, 9.17) is 22.7 Å². The standard InChI is InChI=1S/C11H14BrNOS/c1-7(2)9-5-8(12)3-4-10(9)14-6-11(13)15/h3-5,7H,6H2,1-2H3,(H2,13,15). The summed E-state index contributed by atoms with van der Waals surface area (Å²) in [7, 11) is 0. The molecule has 1 aromatic rings. The van der Waals surface area contributed by atoms with Crippen LogP contribution in [0.5, 0.6) is 5.75 Å². The molecular weight excluding hydrogens is 274 g/mol. The van der Waals surface area contributed by atoms with Gasteiger partial charge in [0.2, 0.25) is 0 Å². The highest BCUT2D eigenvalue weighted by atomic mass is 79.9. The maximum atomic E-state index is 5.53. The van der Waals surface area contributed by atoms with Crippen LogP contribution >= 0.6 is 28.1 Å². The van der Waals surface area contributed by atoms with Crippen LogP contribution in [0.4, 0.5) is 0 Å². The van der Waals surface area contributed by atoms with E-state index in [0.29, 0.717) is 10.9 Å². The fourth-order valence-electron chi connectivity index (χ4n) is 1.25. The Bertz CT molecular complexity index is 366. The first-order valence-electron chi connectivity index (χ1n) is 4.71. The smallest absolute Gasteiger partial charge is 0.138 e. The minimum absolute atomic E-state index is 0.288. The van der Waals surface area contributed by atoms with Crippen molar-refractivity contribution in [2.45, 2.75) is 19.8 Å². The molecule has 0 saturated carbocycles. The van der Waals surface area contributed by atoms with Gasteiger partial charge in [-0.3, -0.25) is 0 Å². The van der Waals surface area contributed by atoms with Gasteiger partial charge in [0.05, 0.1) is 0 Å². The first kappa shape index (κ1) is 12.5. The number of benzene rings is 1. The first-order valence-corrected chi connectivity index (χ1v) is 5.91. The molecule has 0 aliphatic heterocycles. The van der Waals surface area contributed by atoms with E-state index < -0.39 is 0 Å². The Morgan fingerprint density at radius 2 is 2.20 bits per heavy atom. The van der Waals surface area contributed by atoms with E-state index in [1.165, 1.54) is 0 Å². The first-order chi connectivity index (χ1) is 7.00. The summed E-state index contributed by atoms with van der Waals surface area (Å²) in [5, 5.41) is 0. The molecule has 2 N–H and O–H groups in total. The van der Waals surface area contributed by atoms with Crippen LogP contribution in [0.1, 0.15) is 25.3 Å². The molecule has 1 rings (SSSR count). The van der Waals surface area contributed by atoms with Gasteiger partial charge in [-0.1, -0.05) is 42.0 Å². The van der Waals surface area contributed by atoms with E-state index in [-0.39, 0.29) is 6.61 Å². The van der Waals surface area contributed by atoms with Crippen molar-refractivity contribution in [1.29, 1.82) is 0 Å². The monoisotopic (exact) mass is 287 g/mol. The minimum Gasteiger partial charge on any atom is -0.486 e. The maximum Gasteiger partial charge on any atom is 0.138 e. The Kier molecular flexibility index (Phi) is 4.54. The summed E-state index contributed by atoms with van der Waals surface area (Å²) in [6, 6.07) is 5.93. The van der Waals surface area contributed by atoms with Crippen molar-refractivity contribution in [2.24, 2.45) is 5.73 Å². The largest absolute Gasteiger partial charge is 0.486 e. The van der Waals surface area contributed by atoms with Gasteiger partial charge in [0.15, 0.2) is 0 Å². The van der Waals surface area contributed by atoms with Crippen molar-refractivity contribution in [3.8, 4) is 5.75 Å². The summed E-state index contributed by atoms with van der Waals surface area (Å²) in [6.07, 6.45) is 0. The molecule has 82 valence electrons. The fourth-order valence-corrected chi connectivity index (χ4v) is 1.69. The second kappa shape index (κ2) is 5.47. The third-order valence-corrected chi connectivity index (χ3v) is 2.57. The van der Waals surface area contributed by atoms with Gasteiger partial charge in [0.25, 0.3) is 0 Å². The zero-order valence-corrected chi connectivity index (χ0v) is 11.2. The van der Waals surface area contributed by atoms with Crippen LogP contribution < -0.4 is 10.5 Å². The molecule has 4 heteroatoms. The topological polar surface area (TPSA) is 35.2 Å². The fraction of sp³-hybridized carbons (Fsp3) is 0.364. The van der Waals surface area contributed by atoms with Crippen LogP contribution in [0.15, 0.2) is 22.7 Å². The van der Waals surface area contributed by atoms with Crippen molar-refractivity contribution >= 4 is 33.1 Å². The number of thiocarbonyl (C=S) groups is 1. The van der Waals surface area contributed by atoms with Crippen LogP contribution in [0.25, 0.3) is 0 Å². The Labute approximate surface area is 104 Å². The van der Waals surface area contributed by atoms with E-state index >= 15 is 0 Å². The van der Waals surface area contributed by atoms with Crippen molar-refractivity contribution in [1.82, 2.24) is 0 Å². The summed E-state index contributed by atoms with van der Waals surface area (Å²) in [5.74, 6) is 1.25. The molecule has 0 aliphatic rings. The lowest BCUT2D eigenvalue weighted by molar-refractivity contribution is 0.371. The second-order valence-corrected chi connectivity index (χ2v) is 5.03. The number of hydrogen-bond donors (Lipinski definition) is 1. The van der Waals surface area contributed by atoms with Gasteiger partial charge in [-0.25, -0.2) is 0 Å². The van der Waals surface area contributed by atoms with E-state index in [1.54, 1.807) is 0 Å². The number of nitrogens with two attached hydrogens (primary N) is 1. The summed E-state index contributed by atoms with van der Waals surface area (Å²) in [6.45, 7) is 4.53. The maximum absolute atomic E-state index is 5.53. The van der Waals surface area contributed by atoms with Gasteiger partial charge < -0.3 is 10.5 Å². The molecular formula is C11H14BrNOS. The molecule has 15 heavy (non-hydrogen) atoms. The molecule has 0 fully saturated rings. The zero-order chi connectivity index (χ0) is 11.4. The summed E-state index contributed by atoms with van der Waals surface area (Å²) >= 11 is 8.21. The SMILES string of the molecule is CC(C)c1cc(Br)ccc1OCC(N)=S. The highest BCUT2D eigenvalue weighted by molar-refractivity contribution is 9.10. The van der Waals surface area contributed by atoms with E-state index in [2.05, 4.69) is 35.8 Å². The average molecular weight is 288 g/mol. The molecule has 0 saturated heterocycles. The Morgan fingerprint density at radius 1 is 1.53 bits per heavy atom. The molecule has 0 amide bonds. The van der Waals surface area contributed by atoms with Crippen LogP contribution in [-0.2, 0) is 0 Å². The molecule has 0 unspecified atom stereocenters. The highest BCUT2D eigenvalue weighted by Gasteiger charge is 2.08. The molecule has 0 aliphatic carbocycles. The molecule has 0 heterocycles. The molecule has 2 nitrogen and oxygen atoms in total. The van der Waals surface area contributed by atoms with Crippen LogP contribution in [0.3, 0.4) is 0 Å². The Hall–Kier alpha value is -0.610. The molecule has 0 spiro atoms. The summed E-state index contributed by atoms with van der Waals surface area (Å²) in [5.41, 5.74) is 6.55. The Balaban J connectivity index is 2.90. The van der Waals surface area contributed by atoms with E-state index in [0.717, 1.165) is 15.8 Å². The lowest BCUT2D eigenvalue weighted by Gasteiger charge is -2.13. The second-order valence-electron chi connectivity index (χ2n) is 3.59. The average Bonchev–Trinajstić information content (AvgIpc) is 2.15. The van der Waals surface area contributed by atoms with Crippen molar-refractivity contribution in [3.05, 3.63) is 28.2 Å². The van der Waals surface area contributed by atoms with Gasteiger partial charge in [0, 0.05) is 4.47 Å². The number of hydrogen-bond acceptors (Lipinski definition) is 2. The number of rotatable bonds is 4. The normalized spacial score (nSPS) is 10.4.